The van der Waals surface area contributed by atoms with Gasteiger partial charge in [-0.2, -0.15) is 26.3 Å². The van der Waals surface area contributed by atoms with Gasteiger partial charge >= 0.3 is 24.1 Å². The van der Waals surface area contributed by atoms with Crippen molar-refractivity contribution in [2.45, 2.75) is 12.1 Å². The monoisotopic (exact) mass is 224 g/mol. The van der Waals surface area contributed by atoms with Crippen molar-refractivity contribution in [2.24, 2.45) is 5.92 Å². The van der Waals surface area contributed by atoms with Crippen molar-refractivity contribution in [3.05, 3.63) is 0 Å². The molecule has 0 saturated carbocycles. The summed E-state index contributed by atoms with van der Waals surface area (Å²) in [6.07, 6.45) is -6.29. The number of carboxylic acid groups (broad SMARTS) is 1. The summed E-state index contributed by atoms with van der Waals surface area (Å²) in [5, 5.41) is 7.80. The lowest BCUT2D eigenvalue weighted by Gasteiger charge is -2.22. The van der Waals surface area contributed by atoms with Gasteiger partial charge in [-0.15, -0.1) is 0 Å². The Hall–Kier alpha value is -1.28. The summed E-state index contributed by atoms with van der Waals surface area (Å²) in [6.45, 7) is 0. The minimum atomic E-state index is -6.29. The van der Waals surface area contributed by atoms with Crippen LogP contribution in [0.5, 0.6) is 0 Å². The number of halogens is 6. The van der Waals surface area contributed by atoms with Crippen LogP contribution in [-0.2, 0) is 9.59 Å². The van der Waals surface area contributed by atoms with Gasteiger partial charge in [-0.3, -0.25) is 9.59 Å². The Morgan fingerprint density at radius 3 is 1.50 bits per heavy atom. The Labute approximate surface area is 72.3 Å². The Morgan fingerprint density at radius 1 is 1.07 bits per heavy atom. The molecular weight excluding hydrogens is 222 g/mol. The molecule has 14 heavy (non-hydrogen) atoms. The van der Waals surface area contributed by atoms with Gasteiger partial charge in [-0.1, -0.05) is 0 Å². The maximum absolute atomic E-state index is 12.1. The van der Waals surface area contributed by atoms with Gasteiger partial charge in [0, 0.05) is 0 Å². The van der Waals surface area contributed by atoms with Crippen molar-refractivity contribution in [3.63, 3.8) is 0 Å². The smallest absolute Gasteiger partial charge is 0.454 e. The van der Waals surface area contributed by atoms with E-state index in [2.05, 4.69) is 0 Å². The minimum Gasteiger partial charge on any atom is -0.480 e. The number of rotatable bonds is 3. The summed E-state index contributed by atoms with van der Waals surface area (Å²) in [7, 11) is 0. The predicted molar refractivity (Wildman–Crippen MR) is 28.2 cm³/mol. The molecule has 1 N–H and O–H groups in total. The quantitative estimate of drug-likeness (QED) is 0.447. The van der Waals surface area contributed by atoms with Crippen molar-refractivity contribution in [1.82, 2.24) is 0 Å². The second-order valence-electron chi connectivity index (χ2n) is 2.20. The number of alkyl halides is 5. The van der Waals surface area contributed by atoms with Crippen LogP contribution in [0.15, 0.2) is 0 Å². The molecule has 0 rings (SSSR count). The second kappa shape index (κ2) is 3.46. The molecule has 9 heteroatoms. The van der Waals surface area contributed by atoms with E-state index in [1.165, 1.54) is 0 Å². The Kier molecular flexibility index (Phi) is 3.15. The highest BCUT2D eigenvalue weighted by atomic mass is 19.4. The zero-order valence-electron chi connectivity index (χ0n) is 6.11. The molecule has 1 atom stereocenters. The number of hydrogen-bond donors (Lipinski definition) is 1. The molecule has 0 amide bonds. The summed E-state index contributed by atoms with van der Waals surface area (Å²) in [5.41, 5.74) is 0. The van der Waals surface area contributed by atoms with Crippen LogP contribution in [0.2, 0.25) is 0 Å². The Balaban J connectivity index is 5.21. The molecule has 0 aromatic carbocycles. The highest BCUT2D eigenvalue weighted by Crippen LogP contribution is 2.41. The van der Waals surface area contributed by atoms with E-state index >= 15 is 0 Å². The largest absolute Gasteiger partial charge is 0.480 e. The first kappa shape index (κ1) is 12.7. The molecule has 0 aliphatic heterocycles. The van der Waals surface area contributed by atoms with E-state index in [1.54, 1.807) is 0 Å². The van der Waals surface area contributed by atoms with Crippen LogP contribution >= 0.6 is 0 Å². The van der Waals surface area contributed by atoms with E-state index in [9.17, 15) is 35.9 Å². The fourth-order valence-electron chi connectivity index (χ4n) is 0.558. The maximum Gasteiger partial charge on any atom is 0.454 e. The number of aliphatic carboxylic acids is 1. The number of hydrogen-bond acceptors (Lipinski definition) is 2. The van der Waals surface area contributed by atoms with Crippen molar-refractivity contribution < 1.29 is 41.0 Å². The Bertz CT molecular complexity index is 243. The molecule has 0 bridgehead atoms. The zero-order chi connectivity index (χ0) is 11.7. The first-order valence-corrected chi connectivity index (χ1v) is 2.88. The zero-order valence-corrected chi connectivity index (χ0v) is 6.11. The molecule has 1 unspecified atom stereocenters. The lowest BCUT2D eigenvalue weighted by atomic mass is 10.0. The second-order valence-corrected chi connectivity index (χ2v) is 2.20. The first-order chi connectivity index (χ1) is 6.01. The van der Waals surface area contributed by atoms with Gasteiger partial charge in [0.25, 0.3) is 0 Å². The third kappa shape index (κ3) is 2.15. The molecule has 82 valence electrons. The van der Waals surface area contributed by atoms with Crippen LogP contribution in [0.25, 0.3) is 0 Å². The lowest BCUT2D eigenvalue weighted by Crippen LogP contribution is -2.49. The van der Waals surface area contributed by atoms with Crippen LogP contribution < -0.4 is 0 Å². The van der Waals surface area contributed by atoms with Crippen molar-refractivity contribution >= 4 is 12.0 Å². The average molecular weight is 224 g/mol. The number of carbonyl (C=O) groups is 2. The highest BCUT2D eigenvalue weighted by Gasteiger charge is 2.67. The molecule has 0 aromatic heterocycles. The van der Waals surface area contributed by atoms with Crippen molar-refractivity contribution in [3.8, 4) is 0 Å². The normalized spacial score (nSPS) is 15.0. The SMILES string of the molecule is O=C(O)C(C(=O)F)C(F)(F)C(F)(F)F. The molecule has 0 aromatic rings. The van der Waals surface area contributed by atoms with Gasteiger partial charge < -0.3 is 5.11 Å². The van der Waals surface area contributed by atoms with Crippen LogP contribution in [0.3, 0.4) is 0 Å². The van der Waals surface area contributed by atoms with E-state index in [-0.39, 0.29) is 0 Å². The molecule has 0 radical (unpaired) electrons. The minimum absolute atomic E-state index is 2.88. The third-order valence-electron chi connectivity index (χ3n) is 1.21. The van der Waals surface area contributed by atoms with Crippen molar-refractivity contribution in [2.75, 3.05) is 0 Å². The summed E-state index contributed by atoms with van der Waals surface area (Å²) >= 11 is 0. The third-order valence-corrected chi connectivity index (χ3v) is 1.21. The maximum atomic E-state index is 12.1. The molecule has 0 heterocycles. The topological polar surface area (TPSA) is 54.4 Å². The number of carboxylic acids is 1. The first-order valence-electron chi connectivity index (χ1n) is 2.88. The molecule has 0 spiro atoms. The van der Waals surface area contributed by atoms with Gasteiger partial charge in [-0.05, 0) is 0 Å². The molecule has 3 nitrogen and oxygen atoms in total. The molecule has 0 fully saturated rings. The number of carbonyl (C=O) groups excluding carboxylic acids is 1. The van der Waals surface area contributed by atoms with Gasteiger partial charge in [-0.25, -0.2) is 0 Å². The average Bonchev–Trinajstić information content (AvgIpc) is 1.79. The van der Waals surface area contributed by atoms with Crippen LogP contribution in [0.1, 0.15) is 0 Å². The Morgan fingerprint density at radius 2 is 1.43 bits per heavy atom. The highest BCUT2D eigenvalue weighted by molar-refractivity contribution is 5.94. The van der Waals surface area contributed by atoms with E-state index in [0.29, 0.717) is 0 Å². The van der Waals surface area contributed by atoms with Gasteiger partial charge in [0.15, 0.2) is 0 Å². The van der Waals surface area contributed by atoms with Crippen LogP contribution in [0, 0.1) is 5.92 Å². The lowest BCUT2D eigenvalue weighted by molar-refractivity contribution is -0.298. The van der Waals surface area contributed by atoms with E-state index < -0.39 is 30.0 Å². The predicted octanol–water partition coefficient (Wildman–Crippen LogP) is 1.38. The fourth-order valence-corrected chi connectivity index (χ4v) is 0.558. The van der Waals surface area contributed by atoms with Gasteiger partial charge in [0.1, 0.15) is 0 Å². The van der Waals surface area contributed by atoms with Crippen molar-refractivity contribution in [1.29, 1.82) is 0 Å². The van der Waals surface area contributed by atoms with Gasteiger partial charge in [0.05, 0.1) is 0 Å². The van der Waals surface area contributed by atoms with E-state index in [4.69, 9.17) is 5.11 Å². The summed E-state index contributed by atoms with van der Waals surface area (Å²) in [4.78, 5) is 19.4. The van der Waals surface area contributed by atoms with Crippen LogP contribution in [0.4, 0.5) is 26.3 Å². The summed E-state index contributed by atoms with van der Waals surface area (Å²) in [5.74, 6) is -12.9. The standard InChI is InChI=1S/C5H2F6O3/c6-2(12)1(3(13)14)4(7,8)5(9,10)11/h1H,(H,13,14). The molecule has 0 aliphatic carbocycles. The molecule has 0 aliphatic rings. The van der Waals surface area contributed by atoms with Gasteiger partial charge in [0.2, 0.25) is 5.92 Å². The summed E-state index contributed by atoms with van der Waals surface area (Å²) in [6, 6.07) is -3.25. The fraction of sp³-hybridized carbons (Fsp3) is 0.600. The summed E-state index contributed by atoms with van der Waals surface area (Å²) < 4.78 is 70.3. The molecular formula is C5H2F6O3. The van der Waals surface area contributed by atoms with E-state index in [1.807, 2.05) is 0 Å². The molecule has 0 saturated heterocycles. The van der Waals surface area contributed by atoms with E-state index in [0.717, 1.165) is 0 Å². The van der Waals surface area contributed by atoms with Crippen LogP contribution in [-0.4, -0.2) is 29.2 Å².